The van der Waals surface area contributed by atoms with E-state index in [2.05, 4.69) is 10.0 Å². The number of sulfonamides is 1. The Labute approximate surface area is 113 Å². The highest BCUT2D eigenvalue weighted by Gasteiger charge is 2.21. The van der Waals surface area contributed by atoms with Crippen LogP contribution in [-0.2, 0) is 14.8 Å². The maximum atomic E-state index is 11.6. The molecule has 1 aliphatic rings. The smallest absolute Gasteiger partial charge is 0.229 e. The molecule has 1 aromatic rings. The van der Waals surface area contributed by atoms with Crippen LogP contribution in [0, 0.1) is 0 Å². The average molecular weight is 282 g/mol. The van der Waals surface area contributed by atoms with E-state index in [0.717, 1.165) is 31.1 Å². The van der Waals surface area contributed by atoms with Crippen LogP contribution < -0.4 is 10.0 Å². The normalized spacial score (nSPS) is 20.5. The summed E-state index contributed by atoms with van der Waals surface area (Å²) in [6, 6.07) is 7.06. The van der Waals surface area contributed by atoms with Crippen molar-refractivity contribution in [1.29, 1.82) is 0 Å². The molecule has 19 heavy (non-hydrogen) atoms. The van der Waals surface area contributed by atoms with Crippen molar-refractivity contribution in [3.05, 3.63) is 29.8 Å². The largest absolute Gasteiger partial charge is 0.349 e. The second kappa shape index (κ2) is 5.61. The van der Waals surface area contributed by atoms with Crippen molar-refractivity contribution in [2.45, 2.75) is 31.7 Å². The number of amides is 1. The summed E-state index contributed by atoms with van der Waals surface area (Å²) in [5, 5.41) is 2.95. The van der Waals surface area contributed by atoms with Crippen LogP contribution in [0.15, 0.2) is 24.3 Å². The number of carbonyl (C=O) groups is 1. The van der Waals surface area contributed by atoms with Crippen LogP contribution in [0.25, 0.3) is 0 Å². The number of hydrogen-bond acceptors (Lipinski definition) is 3. The number of para-hydroxylation sites is 1. The lowest BCUT2D eigenvalue weighted by Gasteiger charge is -2.20. The van der Waals surface area contributed by atoms with Crippen LogP contribution >= 0.6 is 0 Å². The Balaban J connectivity index is 2.30. The van der Waals surface area contributed by atoms with Crippen LogP contribution in [0.2, 0.25) is 0 Å². The monoisotopic (exact) mass is 282 g/mol. The average Bonchev–Trinajstić information content (AvgIpc) is 2.52. The Kier molecular flexibility index (Phi) is 4.09. The molecule has 0 bridgehead atoms. The van der Waals surface area contributed by atoms with Crippen molar-refractivity contribution in [3.63, 3.8) is 0 Å². The minimum absolute atomic E-state index is 0.0247. The molecular weight excluding hydrogens is 264 g/mol. The van der Waals surface area contributed by atoms with E-state index in [0.29, 0.717) is 12.1 Å². The maximum absolute atomic E-state index is 11.6. The maximum Gasteiger partial charge on any atom is 0.229 e. The summed E-state index contributed by atoms with van der Waals surface area (Å²) in [5.41, 5.74) is 1.36. The van der Waals surface area contributed by atoms with Gasteiger partial charge in [-0.05, 0) is 24.5 Å². The molecule has 1 heterocycles. The molecule has 1 aromatic carbocycles. The Morgan fingerprint density at radius 1 is 1.26 bits per heavy atom. The zero-order valence-electron chi connectivity index (χ0n) is 10.8. The molecule has 0 aromatic heterocycles. The van der Waals surface area contributed by atoms with E-state index in [1.54, 1.807) is 12.1 Å². The molecule has 1 unspecified atom stereocenters. The summed E-state index contributed by atoms with van der Waals surface area (Å²) in [5.74, 6) is 0.0247. The van der Waals surface area contributed by atoms with Crippen molar-refractivity contribution in [3.8, 4) is 0 Å². The molecule has 0 radical (unpaired) electrons. The van der Waals surface area contributed by atoms with Gasteiger partial charge in [0.05, 0.1) is 18.0 Å². The number of nitrogens with one attached hydrogen (secondary N) is 2. The second-order valence-electron chi connectivity index (χ2n) is 4.83. The number of anilines is 1. The molecule has 0 saturated carbocycles. The SMILES string of the molecule is CS(=O)(=O)Nc1ccccc1C1CCCCC(=O)N1. The van der Waals surface area contributed by atoms with Gasteiger partial charge in [0.25, 0.3) is 0 Å². The molecule has 6 heteroatoms. The summed E-state index contributed by atoms with van der Waals surface area (Å²) < 4.78 is 25.2. The van der Waals surface area contributed by atoms with Gasteiger partial charge in [0, 0.05) is 6.42 Å². The molecule has 1 saturated heterocycles. The fourth-order valence-electron chi connectivity index (χ4n) is 2.30. The summed E-state index contributed by atoms with van der Waals surface area (Å²) in [4.78, 5) is 11.6. The first kappa shape index (κ1) is 13.9. The van der Waals surface area contributed by atoms with Crippen LogP contribution in [0.4, 0.5) is 5.69 Å². The number of benzene rings is 1. The highest BCUT2D eigenvalue weighted by molar-refractivity contribution is 7.92. The summed E-state index contributed by atoms with van der Waals surface area (Å²) >= 11 is 0. The third kappa shape index (κ3) is 3.96. The van der Waals surface area contributed by atoms with Crippen LogP contribution in [0.1, 0.15) is 37.3 Å². The van der Waals surface area contributed by atoms with Gasteiger partial charge < -0.3 is 5.32 Å². The van der Waals surface area contributed by atoms with Gasteiger partial charge in [0.15, 0.2) is 0 Å². The molecule has 1 atom stereocenters. The number of carbonyl (C=O) groups excluding carboxylic acids is 1. The topological polar surface area (TPSA) is 75.3 Å². The standard InChI is InChI=1S/C13H18N2O3S/c1-19(17,18)15-12-8-3-2-6-10(12)11-7-4-5-9-13(16)14-11/h2-3,6,8,11,15H,4-5,7,9H2,1H3,(H,14,16). The van der Waals surface area contributed by atoms with E-state index < -0.39 is 10.0 Å². The fraction of sp³-hybridized carbons (Fsp3) is 0.462. The Bertz CT molecular complexity index is 569. The van der Waals surface area contributed by atoms with Crippen LogP contribution in [-0.4, -0.2) is 20.6 Å². The molecule has 5 nitrogen and oxygen atoms in total. The Morgan fingerprint density at radius 3 is 2.74 bits per heavy atom. The fourth-order valence-corrected chi connectivity index (χ4v) is 2.88. The highest BCUT2D eigenvalue weighted by atomic mass is 32.2. The van der Waals surface area contributed by atoms with Crippen molar-refractivity contribution in [2.24, 2.45) is 0 Å². The lowest BCUT2D eigenvalue weighted by Crippen LogP contribution is -2.27. The van der Waals surface area contributed by atoms with Gasteiger partial charge >= 0.3 is 0 Å². The lowest BCUT2D eigenvalue weighted by molar-refractivity contribution is -0.121. The summed E-state index contributed by atoms with van der Waals surface area (Å²) in [6.07, 6.45) is 4.32. The predicted molar refractivity (Wildman–Crippen MR) is 74.3 cm³/mol. The molecule has 1 amide bonds. The first-order valence-electron chi connectivity index (χ1n) is 6.32. The van der Waals surface area contributed by atoms with E-state index in [1.807, 2.05) is 12.1 Å². The quantitative estimate of drug-likeness (QED) is 0.887. The zero-order chi connectivity index (χ0) is 13.9. The molecule has 0 spiro atoms. The van der Waals surface area contributed by atoms with E-state index in [4.69, 9.17) is 0 Å². The molecule has 104 valence electrons. The van der Waals surface area contributed by atoms with Crippen molar-refractivity contribution < 1.29 is 13.2 Å². The third-order valence-corrected chi connectivity index (χ3v) is 3.70. The van der Waals surface area contributed by atoms with Gasteiger partial charge in [-0.1, -0.05) is 24.6 Å². The van der Waals surface area contributed by atoms with Crippen molar-refractivity contribution in [1.82, 2.24) is 5.32 Å². The van der Waals surface area contributed by atoms with Gasteiger partial charge in [-0.15, -0.1) is 0 Å². The van der Waals surface area contributed by atoms with Crippen LogP contribution in [0.5, 0.6) is 0 Å². The highest BCUT2D eigenvalue weighted by Crippen LogP contribution is 2.29. The van der Waals surface area contributed by atoms with Gasteiger partial charge in [-0.2, -0.15) is 0 Å². The molecular formula is C13H18N2O3S. The number of rotatable bonds is 3. The van der Waals surface area contributed by atoms with Crippen molar-refractivity contribution in [2.75, 3.05) is 11.0 Å². The van der Waals surface area contributed by atoms with Gasteiger partial charge in [-0.3, -0.25) is 9.52 Å². The van der Waals surface area contributed by atoms with E-state index in [-0.39, 0.29) is 11.9 Å². The summed E-state index contributed by atoms with van der Waals surface area (Å²) in [6.45, 7) is 0. The Hall–Kier alpha value is -1.56. The molecule has 2 rings (SSSR count). The summed E-state index contributed by atoms with van der Waals surface area (Å²) in [7, 11) is -3.32. The number of hydrogen-bond donors (Lipinski definition) is 2. The van der Waals surface area contributed by atoms with E-state index in [1.165, 1.54) is 0 Å². The van der Waals surface area contributed by atoms with Crippen molar-refractivity contribution >= 4 is 21.6 Å². The van der Waals surface area contributed by atoms with E-state index in [9.17, 15) is 13.2 Å². The first-order valence-corrected chi connectivity index (χ1v) is 8.21. The minimum Gasteiger partial charge on any atom is -0.349 e. The first-order chi connectivity index (χ1) is 8.96. The minimum atomic E-state index is -3.32. The second-order valence-corrected chi connectivity index (χ2v) is 6.58. The lowest BCUT2D eigenvalue weighted by atomic mass is 10.0. The Morgan fingerprint density at radius 2 is 2.00 bits per heavy atom. The molecule has 1 fully saturated rings. The molecule has 2 N–H and O–H groups in total. The van der Waals surface area contributed by atoms with Gasteiger partial charge in [0.1, 0.15) is 0 Å². The third-order valence-electron chi connectivity index (χ3n) is 3.11. The molecule has 0 aliphatic carbocycles. The predicted octanol–water partition coefficient (Wildman–Crippen LogP) is 1.79. The molecule has 1 aliphatic heterocycles. The van der Waals surface area contributed by atoms with Gasteiger partial charge in [-0.25, -0.2) is 8.42 Å². The van der Waals surface area contributed by atoms with E-state index >= 15 is 0 Å². The van der Waals surface area contributed by atoms with Crippen LogP contribution in [0.3, 0.4) is 0 Å². The zero-order valence-corrected chi connectivity index (χ0v) is 11.7. The van der Waals surface area contributed by atoms with Gasteiger partial charge in [0.2, 0.25) is 15.9 Å².